The monoisotopic (exact) mass is 421 g/mol. The Morgan fingerprint density at radius 1 is 1.04 bits per heavy atom. The van der Waals surface area contributed by atoms with Crippen molar-refractivity contribution in [3.63, 3.8) is 0 Å². The maximum atomic E-state index is 12.1. The lowest BCUT2D eigenvalue weighted by Crippen LogP contribution is -2.22. The van der Waals surface area contributed by atoms with E-state index >= 15 is 0 Å². The van der Waals surface area contributed by atoms with Crippen molar-refractivity contribution in [3.8, 4) is 0 Å². The summed E-state index contributed by atoms with van der Waals surface area (Å²) in [5.74, 6) is -0.0430. The van der Waals surface area contributed by atoms with Crippen molar-refractivity contribution < 1.29 is 4.79 Å². The summed E-state index contributed by atoms with van der Waals surface area (Å²) in [5.41, 5.74) is 3.05. The first kappa shape index (κ1) is 16.1. The van der Waals surface area contributed by atoms with E-state index in [4.69, 9.17) is 0 Å². The topological polar surface area (TPSA) is 44.4 Å². The van der Waals surface area contributed by atoms with E-state index in [9.17, 15) is 4.79 Å². The number of rotatable bonds is 5. The minimum Gasteiger partial charge on any atom is -0.375 e. The number of hydrogen-bond donors (Lipinski definition) is 2. The molecule has 3 rings (SSSR count). The van der Waals surface area contributed by atoms with Crippen molar-refractivity contribution in [2.75, 3.05) is 35.2 Å². The smallest absolute Gasteiger partial charge is 0.243 e. The van der Waals surface area contributed by atoms with Crippen LogP contribution in [0.3, 0.4) is 0 Å². The molecule has 2 N–H and O–H groups in total. The number of hydrogen-bond acceptors (Lipinski definition) is 3. The van der Waals surface area contributed by atoms with Gasteiger partial charge in [0.05, 0.1) is 6.54 Å². The highest BCUT2D eigenvalue weighted by molar-refractivity contribution is 14.1. The molecule has 2 aromatic carbocycles. The molecule has 0 aliphatic carbocycles. The predicted molar refractivity (Wildman–Crippen MR) is 104 cm³/mol. The van der Waals surface area contributed by atoms with E-state index in [-0.39, 0.29) is 12.5 Å². The van der Waals surface area contributed by atoms with E-state index in [1.165, 1.54) is 18.5 Å². The molecule has 23 heavy (non-hydrogen) atoms. The standard InChI is InChI=1S/C18H20IN3O/c19-16-5-1-2-6-17(16)20-13-18(23)21-14-7-9-15(10-8-14)22-11-3-4-12-22/h1-2,5-10,20H,3-4,11-13H2,(H,21,23). The summed E-state index contributed by atoms with van der Waals surface area (Å²) >= 11 is 2.25. The molecule has 5 heteroatoms. The van der Waals surface area contributed by atoms with Crippen LogP contribution >= 0.6 is 22.6 Å². The molecule has 1 amide bonds. The van der Waals surface area contributed by atoms with Crippen molar-refractivity contribution in [2.45, 2.75) is 12.8 Å². The quantitative estimate of drug-likeness (QED) is 0.719. The van der Waals surface area contributed by atoms with Gasteiger partial charge in [0.2, 0.25) is 5.91 Å². The summed E-state index contributed by atoms with van der Waals surface area (Å²) in [5, 5.41) is 6.09. The van der Waals surface area contributed by atoms with Gasteiger partial charge in [-0.2, -0.15) is 0 Å². The van der Waals surface area contributed by atoms with Crippen molar-refractivity contribution in [1.29, 1.82) is 0 Å². The van der Waals surface area contributed by atoms with Gasteiger partial charge >= 0.3 is 0 Å². The lowest BCUT2D eigenvalue weighted by atomic mass is 10.2. The van der Waals surface area contributed by atoms with Gasteiger partial charge in [0.1, 0.15) is 0 Å². The van der Waals surface area contributed by atoms with Crippen LogP contribution in [0.1, 0.15) is 12.8 Å². The SMILES string of the molecule is O=C(CNc1ccccc1I)Nc1ccc(N2CCCC2)cc1. The Morgan fingerprint density at radius 2 is 1.74 bits per heavy atom. The summed E-state index contributed by atoms with van der Waals surface area (Å²) in [6.45, 7) is 2.52. The van der Waals surface area contributed by atoms with Crippen LogP contribution in [0.2, 0.25) is 0 Å². The molecule has 0 bridgehead atoms. The summed E-state index contributed by atoms with van der Waals surface area (Å²) < 4.78 is 1.10. The normalized spacial score (nSPS) is 13.9. The number of carbonyl (C=O) groups excluding carboxylic acids is 1. The lowest BCUT2D eigenvalue weighted by Gasteiger charge is -2.17. The zero-order chi connectivity index (χ0) is 16.1. The number of para-hydroxylation sites is 1. The van der Waals surface area contributed by atoms with Gasteiger partial charge in [-0.1, -0.05) is 12.1 Å². The Labute approximate surface area is 150 Å². The number of anilines is 3. The van der Waals surface area contributed by atoms with Gasteiger partial charge in [-0.05, 0) is 71.8 Å². The van der Waals surface area contributed by atoms with Crippen LogP contribution in [0.4, 0.5) is 17.1 Å². The van der Waals surface area contributed by atoms with Gasteiger partial charge in [-0.3, -0.25) is 4.79 Å². The molecular formula is C18H20IN3O. The summed E-state index contributed by atoms with van der Waals surface area (Å²) in [6, 6.07) is 16.0. The molecule has 0 aromatic heterocycles. The number of nitrogens with one attached hydrogen (secondary N) is 2. The molecule has 2 aromatic rings. The zero-order valence-corrected chi connectivity index (χ0v) is 15.0. The molecule has 1 aliphatic heterocycles. The second-order valence-corrected chi connectivity index (χ2v) is 6.78. The predicted octanol–water partition coefficient (Wildman–Crippen LogP) is 3.94. The fourth-order valence-corrected chi connectivity index (χ4v) is 3.29. The maximum absolute atomic E-state index is 12.1. The van der Waals surface area contributed by atoms with E-state index in [1.54, 1.807) is 0 Å². The highest BCUT2D eigenvalue weighted by Gasteiger charge is 2.12. The van der Waals surface area contributed by atoms with Crippen molar-refractivity contribution in [3.05, 3.63) is 52.1 Å². The molecule has 120 valence electrons. The highest BCUT2D eigenvalue weighted by atomic mass is 127. The number of halogens is 1. The fourth-order valence-electron chi connectivity index (χ4n) is 2.72. The maximum Gasteiger partial charge on any atom is 0.243 e. The van der Waals surface area contributed by atoms with Crippen molar-refractivity contribution in [1.82, 2.24) is 0 Å². The van der Waals surface area contributed by atoms with E-state index in [1.807, 2.05) is 36.4 Å². The lowest BCUT2D eigenvalue weighted by molar-refractivity contribution is -0.114. The third kappa shape index (κ3) is 4.37. The molecule has 0 atom stereocenters. The van der Waals surface area contributed by atoms with E-state index in [0.717, 1.165) is 28.0 Å². The van der Waals surface area contributed by atoms with Crippen LogP contribution < -0.4 is 15.5 Å². The molecule has 0 unspecified atom stereocenters. The first-order valence-electron chi connectivity index (χ1n) is 7.85. The molecular weight excluding hydrogens is 401 g/mol. The molecule has 0 saturated carbocycles. The largest absolute Gasteiger partial charge is 0.375 e. The first-order valence-corrected chi connectivity index (χ1v) is 8.93. The van der Waals surface area contributed by atoms with Crippen LogP contribution in [0.15, 0.2) is 48.5 Å². The zero-order valence-electron chi connectivity index (χ0n) is 12.9. The molecule has 1 fully saturated rings. The Bertz CT molecular complexity index is 666. The second kappa shape index (κ2) is 7.68. The van der Waals surface area contributed by atoms with Crippen LogP contribution in [-0.2, 0) is 4.79 Å². The van der Waals surface area contributed by atoms with Gasteiger partial charge < -0.3 is 15.5 Å². The molecule has 1 heterocycles. The highest BCUT2D eigenvalue weighted by Crippen LogP contribution is 2.22. The van der Waals surface area contributed by atoms with Crippen molar-refractivity contribution in [2.24, 2.45) is 0 Å². The Kier molecular flexibility index (Phi) is 5.38. The van der Waals surface area contributed by atoms with E-state index < -0.39 is 0 Å². The number of benzene rings is 2. The molecule has 4 nitrogen and oxygen atoms in total. The summed E-state index contributed by atoms with van der Waals surface area (Å²) in [7, 11) is 0. The summed E-state index contributed by atoms with van der Waals surface area (Å²) in [6.07, 6.45) is 2.53. The van der Waals surface area contributed by atoms with E-state index in [0.29, 0.717) is 0 Å². The number of carbonyl (C=O) groups is 1. The molecule has 0 radical (unpaired) electrons. The Morgan fingerprint density at radius 3 is 2.43 bits per heavy atom. The van der Waals surface area contributed by atoms with Crippen LogP contribution in [0, 0.1) is 3.57 Å². The van der Waals surface area contributed by atoms with Crippen LogP contribution in [0.25, 0.3) is 0 Å². The fraction of sp³-hybridized carbons (Fsp3) is 0.278. The molecule has 1 saturated heterocycles. The van der Waals surface area contributed by atoms with Gasteiger partial charge in [0, 0.05) is 33.7 Å². The van der Waals surface area contributed by atoms with Gasteiger partial charge in [0.15, 0.2) is 0 Å². The average Bonchev–Trinajstić information content (AvgIpc) is 3.09. The first-order chi connectivity index (χ1) is 11.2. The third-order valence-corrected chi connectivity index (χ3v) is 4.88. The Hall–Kier alpha value is -1.76. The second-order valence-electron chi connectivity index (χ2n) is 5.62. The minimum absolute atomic E-state index is 0.0430. The third-order valence-electron chi connectivity index (χ3n) is 3.94. The minimum atomic E-state index is -0.0430. The van der Waals surface area contributed by atoms with Gasteiger partial charge in [-0.25, -0.2) is 0 Å². The van der Waals surface area contributed by atoms with Crippen LogP contribution in [0.5, 0.6) is 0 Å². The number of amides is 1. The van der Waals surface area contributed by atoms with Crippen LogP contribution in [-0.4, -0.2) is 25.5 Å². The number of nitrogens with zero attached hydrogens (tertiary/aromatic N) is 1. The van der Waals surface area contributed by atoms with Gasteiger partial charge in [-0.15, -0.1) is 0 Å². The van der Waals surface area contributed by atoms with E-state index in [2.05, 4.69) is 50.3 Å². The summed E-state index contributed by atoms with van der Waals surface area (Å²) in [4.78, 5) is 14.4. The molecule has 0 spiro atoms. The average molecular weight is 421 g/mol. The van der Waals surface area contributed by atoms with Gasteiger partial charge in [0.25, 0.3) is 0 Å². The Balaban J connectivity index is 1.52. The molecule has 1 aliphatic rings. The van der Waals surface area contributed by atoms with Crippen molar-refractivity contribution >= 4 is 45.6 Å².